The van der Waals surface area contributed by atoms with Gasteiger partial charge < -0.3 is 4.74 Å². The number of nitrogens with zero attached hydrogens (tertiary/aromatic N) is 2. The largest absolute Gasteiger partial charge is 0.490 e. The SMILES string of the molecule is CC(C)(C)N1CCN(Cc2ccc(/C=C/COc3ccc(F)cc3)cc2)CC1. The molecule has 0 aromatic heterocycles. The van der Waals surface area contributed by atoms with Crippen LogP contribution in [0.25, 0.3) is 6.08 Å². The van der Waals surface area contributed by atoms with Crippen LogP contribution in [0.3, 0.4) is 0 Å². The van der Waals surface area contributed by atoms with Crippen LogP contribution < -0.4 is 4.74 Å². The van der Waals surface area contributed by atoms with Gasteiger partial charge in [-0.1, -0.05) is 30.3 Å². The third-order valence-electron chi connectivity index (χ3n) is 5.18. The zero-order chi connectivity index (χ0) is 20.0. The second-order valence-corrected chi connectivity index (χ2v) is 8.34. The lowest BCUT2D eigenvalue weighted by atomic mass is 10.0. The van der Waals surface area contributed by atoms with Gasteiger partial charge in [-0.15, -0.1) is 0 Å². The van der Waals surface area contributed by atoms with Crippen LogP contribution in [0, 0.1) is 5.82 Å². The van der Waals surface area contributed by atoms with Crippen molar-refractivity contribution >= 4 is 6.08 Å². The van der Waals surface area contributed by atoms with E-state index < -0.39 is 0 Å². The van der Waals surface area contributed by atoms with Gasteiger partial charge in [-0.3, -0.25) is 9.80 Å². The number of ether oxygens (including phenoxy) is 1. The van der Waals surface area contributed by atoms with Gasteiger partial charge in [0.1, 0.15) is 18.2 Å². The van der Waals surface area contributed by atoms with Gasteiger partial charge in [-0.05, 0) is 62.2 Å². The number of hydrogen-bond acceptors (Lipinski definition) is 3. The minimum atomic E-state index is -0.251. The molecule has 150 valence electrons. The quantitative estimate of drug-likeness (QED) is 0.711. The van der Waals surface area contributed by atoms with E-state index in [1.54, 1.807) is 12.1 Å². The molecule has 2 aromatic carbocycles. The molecule has 0 atom stereocenters. The molecule has 1 fully saturated rings. The van der Waals surface area contributed by atoms with E-state index in [4.69, 9.17) is 4.74 Å². The average molecular weight is 383 g/mol. The van der Waals surface area contributed by atoms with Gasteiger partial charge in [0.15, 0.2) is 0 Å². The van der Waals surface area contributed by atoms with E-state index in [-0.39, 0.29) is 11.4 Å². The summed E-state index contributed by atoms with van der Waals surface area (Å²) < 4.78 is 18.4. The maximum atomic E-state index is 12.9. The summed E-state index contributed by atoms with van der Waals surface area (Å²) in [5.41, 5.74) is 2.77. The molecular formula is C24H31FN2O. The van der Waals surface area contributed by atoms with E-state index in [0.717, 1.165) is 38.3 Å². The molecule has 0 aliphatic carbocycles. The topological polar surface area (TPSA) is 15.7 Å². The molecule has 0 N–H and O–H groups in total. The van der Waals surface area contributed by atoms with Crippen LogP contribution in [0.2, 0.25) is 0 Å². The lowest BCUT2D eigenvalue weighted by Crippen LogP contribution is -2.53. The Morgan fingerprint density at radius 3 is 2.18 bits per heavy atom. The van der Waals surface area contributed by atoms with Gasteiger partial charge in [0.05, 0.1) is 0 Å². The van der Waals surface area contributed by atoms with E-state index >= 15 is 0 Å². The minimum Gasteiger partial charge on any atom is -0.490 e. The second kappa shape index (κ2) is 9.35. The third-order valence-corrected chi connectivity index (χ3v) is 5.18. The van der Waals surface area contributed by atoms with Crippen molar-refractivity contribution in [2.24, 2.45) is 0 Å². The van der Waals surface area contributed by atoms with Crippen molar-refractivity contribution in [1.82, 2.24) is 9.80 Å². The van der Waals surface area contributed by atoms with Crippen molar-refractivity contribution < 1.29 is 9.13 Å². The van der Waals surface area contributed by atoms with Crippen molar-refractivity contribution in [3.63, 3.8) is 0 Å². The lowest BCUT2D eigenvalue weighted by Gasteiger charge is -2.42. The smallest absolute Gasteiger partial charge is 0.123 e. The van der Waals surface area contributed by atoms with Crippen molar-refractivity contribution in [1.29, 1.82) is 0 Å². The first-order valence-corrected chi connectivity index (χ1v) is 10.0. The number of halogens is 1. The van der Waals surface area contributed by atoms with E-state index in [2.05, 4.69) is 60.9 Å². The van der Waals surface area contributed by atoms with Gasteiger partial charge in [0.2, 0.25) is 0 Å². The first kappa shape index (κ1) is 20.6. The van der Waals surface area contributed by atoms with Crippen LogP contribution in [-0.4, -0.2) is 48.1 Å². The highest BCUT2D eigenvalue weighted by molar-refractivity contribution is 5.49. The van der Waals surface area contributed by atoms with Crippen LogP contribution in [0.15, 0.2) is 54.6 Å². The normalized spacial score (nSPS) is 16.6. The van der Waals surface area contributed by atoms with Crippen molar-refractivity contribution in [3.8, 4) is 5.75 Å². The molecule has 1 aliphatic rings. The number of benzene rings is 2. The summed E-state index contributed by atoms with van der Waals surface area (Å²) in [7, 11) is 0. The predicted octanol–water partition coefficient (Wildman–Crippen LogP) is 4.83. The Bertz CT molecular complexity index is 755. The summed E-state index contributed by atoms with van der Waals surface area (Å²) in [6.07, 6.45) is 4.03. The van der Waals surface area contributed by atoms with E-state index in [1.165, 1.54) is 17.7 Å². The summed E-state index contributed by atoms with van der Waals surface area (Å²) in [5.74, 6) is 0.423. The molecule has 3 nitrogen and oxygen atoms in total. The Morgan fingerprint density at radius 1 is 0.929 bits per heavy atom. The number of hydrogen-bond donors (Lipinski definition) is 0. The van der Waals surface area contributed by atoms with E-state index in [1.807, 2.05) is 6.08 Å². The van der Waals surface area contributed by atoms with Crippen LogP contribution in [0.4, 0.5) is 4.39 Å². The zero-order valence-electron chi connectivity index (χ0n) is 17.2. The average Bonchev–Trinajstić information content (AvgIpc) is 2.68. The maximum absolute atomic E-state index is 12.9. The molecule has 0 radical (unpaired) electrons. The number of piperazine rings is 1. The van der Waals surface area contributed by atoms with E-state index in [9.17, 15) is 4.39 Å². The summed E-state index contributed by atoms with van der Waals surface area (Å²) in [6.45, 7) is 12.9. The fourth-order valence-electron chi connectivity index (χ4n) is 3.43. The molecule has 0 saturated carbocycles. The Hall–Kier alpha value is -2.17. The Morgan fingerprint density at radius 2 is 1.57 bits per heavy atom. The lowest BCUT2D eigenvalue weighted by molar-refractivity contribution is 0.0591. The van der Waals surface area contributed by atoms with Gasteiger partial charge in [0.25, 0.3) is 0 Å². The molecule has 0 amide bonds. The summed E-state index contributed by atoms with van der Waals surface area (Å²) in [5, 5.41) is 0. The molecular weight excluding hydrogens is 351 g/mol. The van der Waals surface area contributed by atoms with Crippen LogP contribution >= 0.6 is 0 Å². The maximum Gasteiger partial charge on any atom is 0.123 e. The van der Waals surface area contributed by atoms with Crippen molar-refractivity contribution in [2.45, 2.75) is 32.9 Å². The van der Waals surface area contributed by atoms with Crippen LogP contribution in [0.1, 0.15) is 31.9 Å². The van der Waals surface area contributed by atoms with Gasteiger partial charge >= 0.3 is 0 Å². The highest BCUT2D eigenvalue weighted by Gasteiger charge is 2.25. The van der Waals surface area contributed by atoms with Gasteiger partial charge in [-0.25, -0.2) is 4.39 Å². The first-order valence-electron chi connectivity index (χ1n) is 10.0. The van der Waals surface area contributed by atoms with Crippen molar-refractivity contribution in [3.05, 3.63) is 71.6 Å². The molecule has 0 unspecified atom stereocenters. The first-order chi connectivity index (χ1) is 13.4. The molecule has 28 heavy (non-hydrogen) atoms. The molecule has 3 rings (SSSR count). The molecule has 4 heteroatoms. The summed E-state index contributed by atoms with van der Waals surface area (Å²) in [4.78, 5) is 5.09. The molecule has 1 heterocycles. The van der Waals surface area contributed by atoms with Crippen molar-refractivity contribution in [2.75, 3.05) is 32.8 Å². The van der Waals surface area contributed by atoms with E-state index in [0.29, 0.717) is 12.4 Å². The van der Waals surface area contributed by atoms with Gasteiger partial charge in [-0.2, -0.15) is 0 Å². The monoisotopic (exact) mass is 382 g/mol. The Kier molecular flexibility index (Phi) is 6.87. The second-order valence-electron chi connectivity index (χ2n) is 8.34. The standard InChI is InChI=1S/C24H31FN2O/c1-24(2,3)27-16-14-26(15-17-27)19-21-8-6-20(7-9-21)5-4-18-28-23-12-10-22(25)11-13-23/h4-13H,14-19H2,1-3H3/b5-4+. The van der Waals surface area contributed by atoms with Gasteiger partial charge in [0, 0.05) is 38.3 Å². The van der Waals surface area contributed by atoms with Crippen LogP contribution in [0.5, 0.6) is 5.75 Å². The summed E-state index contributed by atoms with van der Waals surface area (Å²) in [6, 6.07) is 14.8. The number of rotatable bonds is 6. The predicted molar refractivity (Wildman–Crippen MR) is 114 cm³/mol. The van der Waals surface area contributed by atoms with Crippen LogP contribution in [-0.2, 0) is 6.54 Å². The highest BCUT2D eigenvalue weighted by atomic mass is 19.1. The molecule has 1 saturated heterocycles. The Balaban J connectivity index is 1.43. The fraction of sp³-hybridized carbons (Fsp3) is 0.417. The Labute approximate surface area is 168 Å². The minimum absolute atomic E-state index is 0.251. The summed E-state index contributed by atoms with van der Waals surface area (Å²) >= 11 is 0. The highest BCUT2D eigenvalue weighted by Crippen LogP contribution is 2.17. The fourth-order valence-corrected chi connectivity index (χ4v) is 3.43. The molecule has 0 bridgehead atoms. The molecule has 0 spiro atoms. The molecule has 1 aliphatic heterocycles. The molecule has 2 aromatic rings. The zero-order valence-corrected chi connectivity index (χ0v) is 17.2. The third kappa shape index (κ3) is 6.18.